The third kappa shape index (κ3) is 4.87. The summed E-state index contributed by atoms with van der Waals surface area (Å²) in [5.41, 5.74) is 0.827. The molecule has 1 amide bonds. The molecular weight excluding hydrogens is 429 g/mol. The average Bonchev–Trinajstić information content (AvgIpc) is 3.20. The Balaban J connectivity index is 1.52. The minimum absolute atomic E-state index is 0.0665. The maximum Gasteiger partial charge on any atom is 0.437 e. The second kappa shape index (κ2) is 8.81. The number of amides is 1. The lowest BCUT2D eigenvalue weighted by molar-refractivity contribution is -0.141. The van der Waals surface area contributed by atoms with Crippen LogP contribution in [-0.4, -0.2) is 53.0 Å². The van der Waals surface area contributed by atoms with E-state index in [0.717, 1.165) is 30.4 Å². The molecule has 1 aromatic heterocycles. The molecule has 1 saturated heterocycles. The number of carboxylic acids is 1. The predicted molar refractivity (Wildman–Crippen MR) is 109 cm³/mol. The first-order chi connectivity index (χ1) is 15.2. The minimum Gasteiger partial charge on any atom is -0.480 e. The topological polar surface area (TPSA) is 98.9 Å². The van der Waals surface area contributed by atoms with Crippen LogP contribution in [0.15, 0.2) is 22.6 Å². The van der Waals surface area contributed by atoms with Gasteiger partial charge in [-0.2, -0.15) is 18.2 Å². The number of nitrogens with zero attached hydrogens (tertiary/aromatic N) is 3. The number of aromatic nitrogens is 1. The van der Waals surface area contributed by atoms with Crippen molar-refractivity contribution >= 4 is 23.6 Å². The van der Waals surface area contributed by atoms with E-state index in [1.165, 1.54) is 0 Å². The van der Waals surface area contributed by atoms with Gasteiger partial charge in [0.05, 0.1) is 6.54 Å². The summed E-state index contributed by atoms with van der Waals surface area (Å²) >= 11 is 0. The number of alkyl halides is 3. The second-order valence-electron chi connectivity index (χ2n) is 8.01. The molecule has 1 aromatic carbocycles. The molecule has 2 aliphatic rings. The Labute approximate surface area is 182 Å². The van der Waals surface area contributed by atoms with Crippen LogP contribution in [0.2, 0.25) is 0 Å². The molecule has 8 nitrogen and oxygen atoms in total. The second-order valence-corrected chi connectivity index (χ2v) is 8.01. The van der Waals surface area contributed by atoms with Gasteiger partial charge in [-0.1, -0.05) is 6.07 Å². The zero-order chi connectivity index (χ0) is 22.9. The third-order valence-electron chi connectivity index (χ3n) is 5.63. The molecule has 4 rings (SSSR count). The molecule has 0 bridgehead atoms. The van der Waals surface area contributed by atoms with Gasteiger partial charge >= 0.3 is 12.1 Å². The maximum atomic E-state index is 13.5. The Kier molecular flexibility index (Phi) is 6.09. The van der Waals surface area contributed by atoms with Crippen LogP contribution >= 0.6 is 0 Å². The molecule has 2 aromatic rings. The maximum absolute atomic E-state index is 13.5. The van der Waals surface area contributed by atoms with Crippen LogP contribution in [-0.2, 0) is 23.9 Å². The third-order valence-corrected chi connectivity index (χ3v) is 5.63. The molecule has 172 valence electrons. The zero-order valence-electron chi connectivity index (χ0n) is 17.2. The van der Waals surface area contributed by atoms with Crippen LogP contribution in [0.5, 0.6) is 0 Å². The highest BCUT2D eigenvalue weighted by molar-refractivity contribution is 6.03. The SMILES string of the molecule is O=C(O)CN1CCc2cc(NC(=O)c3oc(N4CCCCC4)nc3C(F)(F)F)ccc2C1. The molecule has 0 spiro atoms. The number of oxazole rings is 1. The summed E-state index contributed by atoms with van der Waals surface area (Å²) in [5.74, 6) is -2.78. The summed E-state index contributed by atoms with van der Waals surface area (Å²) in [6.07, 6.45) is -1.62. The molecular formula is C21H23F3N4O4. The van der Waals surface area contributed by atoms with Gasteiger partial charge in [0, 0.05) is 31.9 Å². The van der Waals surface area contributed by atoms with Gasteiger partial charge in [-0.25, -0.2) is 0 Å². The van der Waals surface area contributed by atoms with E-state index in [2.05, 4.69) is 10.3 Å². The van der Waals surface area contributed by atoms with Gasteiger partial charge in [0.2, 0.25) is 5.76 Å². The molecule has 1 fully saturated rings. The normalized spacial score (nSPS) is 17.2. The number of anilines is 2. The van der Waals surface area contributed by atoms with E-state index in [4.69, 9.17) is 9.52 Å². The molecule has 0 radical (unpaired) electrons. The lowest BCUT2D eigenvalue weighted by atomic mass is 9.99. The quantitative estimate of drug-likeness (QED) is 0.718. The number of piperidine rings is 1. The van der Waals surface area contributed by atoms with Crippen molar-refractivity contribution in [3.8, 4) is 0 Å². The van der Waals surface area contributed by atoms with Crippen LogP contribution in [0.3, 0.4) is 0 Å². The summed E-state index contributed by atoms with van der Waals surface area (Å²) in [6, 6.07) is 4.82. The van der Waals surface area contributed by atoms with Gasteiger partial charge in [-0.15, -0.1) is 0 Å². The molecule has 32 heavy (non-hydrogen) atoms. The van der Waals surface area contributed by atoms with Crippen molar-refractivity contribution in [3.63, 3.8) is 0 Å². The van der Waals surface area contributed by atoms with Gasteiger partial charge < -0.3 is 19.7 Å². The van der Waals surface area contributed by atoms with Crippen LogP contribution in [0.1, 0.15) is 46.6 Å². The number of hydrogen-bond donors (Lipinski definition) is 2. The Morgan fingerprint density at radius 2 is 1.88 bits per heavy atom. The van der Waals surface area contributed by atoms with E-state index in [0.29, 0.717) is 38.3 Å². The van der Waals surface area contributed by atoms with Crippen LogP contribution in [0.25, 0.3) is 0 Å². The fraction of sp³-hybridized carbons (Fsp3) is 0.476. The Bertz CT molecular complexity index is 1010. The number of carbonyl (C=O) groups is 2. The van der Waals surface area contributed by atoms with Crippen molar-refractivity contribution in [3.05, 3.63) is 40.8 Å². The number of hydrogen-bond acceptors (Lipinski definition) is 6. The van der Waals surface area contributed by atoms with Crippen molar-refractivity contribution in [1.82, 2.24) is 9.88 Å². The summed E-state index contributed by atoms with van der Waals surface area (Å²) < 4.78 is 45.8. The molecule has 0 unspecified atom stereocenters. The smallest absolute Gasteiger partial charge is 0.437 e. The monoisotopic (exact) mass is 452 g/mol. The Morgan fingerprint density at radius 1 is 1.12 bits per heavy atom. The van der Waals surface area contributed by atoms with Crippen molar-refractivity contribution < 1.29 is 32.3 Å². The Hall–Kier alpha value is -3.08. The number of fused-ring (bicyclic) bond motifs is 1. The van der Waals surface area contributed by atoms with E-state index >= 15 is 0 Å². The van der Waals surface area contributed by atoms with Gasteiger partial charge in [0.1, 0.15) is 0 Å². The lowest BCUT2D eigenvalue weighted by Gasteiger charge is -2.27. The molecule has 11 heteroatoms. The summed E-state index contributed by atoms with van der Waals surface area (Å²) in [7, 11) is 0. The van der Waals surface area contributed by atoms with Crippen LogP contribution in [0.4, 0.5) is 24.9 Å². The molecule has 3 heterocycles. The summed E-state index contributed by atoms with van der Waals surface area (Å²) in [4.78, 5) is 30.6. The molecule has 2 N–H and O–H groups in total. The predicted octanol–water partition coefficient (Wildman–Crippen LogP) is 3.38. The first kappa shape index (κ1) is 22.1. The van der Waals surface area contributed by atoms with E-state index in [1.807, 2.05) is 0 Å². The van der Waals surface area contributed by atoms with Gasteiger partial charge in [-0.3, -0.25) is 14.5 Å². The summed E-state index contributed by atoms with van der Waals surface area (Å²) in [5, 5.41) is 11.4. The molecule has 0 saturated carbocycles. The number of halogens is 3. The van der Waals surface area contributed by atoms with Crippen molar-refractivity contribution in [2.45, 2.75) is 38.4 Å². The van der Waals surface area contributed by atoms with E-state index in [-0.39, 0.29) is 12.6 Å². The Morgan fingerprint density at radius 3 is 2.56 bits per heavy atom. The van der Waals surface area contributed by atoms with Crippen molar-refractivity contribution in [2.24, 2.45) is 0 Å². The molecule has 0 aliphatic carbocycles. The van der Waals surface area contributed by atoms with Gasteiger partial charge in [0.15, 0.2) is 5.69 Å². The fourth-order valence-corrected chi connectivity index (χ4v) is 4.08. The van der Waals surface area contributed by atoms with E-state index < -0.39 is 29.5 Å². The standard InChI is InChI=1S/C21H23F3N4O4/c22-21(23,24)18-17(32-20(26-18)28-7-2-1-3-8-28)19(31)25-15-5-4-14-11-27(12-16(29)30)9-6-13(14)10-15/h4-5,10H,1-3,6-9,11-12H2,(H,25,31)(H,29,30). The lowest BCUT2D eigenvalue weighted by Crippen LogP contribution is -2.34. The highest BCUT2D eigenvalue weighted by atomic mass is 19.4. The van der Waals surface area contributed by atoms with Crippen LogP contribution in [0, 0.1) is 0 Å². The highest BCUT2D eigenvalue weighted by Crippen LogP contribution is 2.35. The molecule has 0 atom stereocenters. The van der Waals surface area contributed by atoms with Crippen molar-refractivity contribution in [2.75, 3.05) is 36.4 Å². The van der Waals surface area contributed by atoms with Crippen molar-refractivity contribution in [1.29, 1.82) is 0 Å². The largest absolute Gasteiger partial charge is 0.480 e. The van der Waals surface area contributed by atoms with Gasteiger partial charge in [-0.05, 0) is 48.9 Å². The number of aliphatic carboxylic acids is 1. The average molecular weight is 452 g/mol. The number of benzene rings is 1. The fourth-order valence-electron chi connectivity index (χ4n) is 4.08. The molecule has 2 aliphatic heterocycles. The van der Waals surface area contributed by atoms with E-state index in [9.17, 15) is 22.8 Å². The first-order valence-corrected chi connectivity index (χ1v) is 10.4. The van der Waals surface area contributed by atoms with Gasteiger partial charge in [0.25, 0.3) is 11.9 Å². The van der Waals surface area contributed by atoms with E-state index in [1.54, 1.807) is 28.0 Å². The first-order valence-electron chi connectivity index (χ1n) is 10.4. The zero-order valence-corrected chi connectivity index (χ0v) is 17.2. The summed E-state index contributed by atoms with van der Waals surface area (Å²) in [6.45, 7) is 1.99. The number of nitrogens with one attached hydrogen (secondary N) is 1. The highest BCUT2D eigenvalue weighted by Gasteiger charge is 2.42. The number of carboxylic acid groups (broad SMARTS) is 1. The minimum atomic E-state index is -4.83. The van der Waals surface area contributed by atoms with Crippen LogP contribution < -0.4 is 10.2 Å². The number of rotatable bonds is 5. The number of carbonyl (C=O) groups excluding carboxylic acids is 1.